The van der Waals surface area contributed by atoms with Gasteiger partial charge in [-0.2, -0.15) is 0 Å². The minimum absolute atomic E-state index is 0.0878. The molecule has 0 radical (unpaired) electrons. The molecule has 2 saturated heterocycles. The number of hydrogen-bond acceptors (Lipinski definition) is 7. The van der Waals surface area contributed by atoms with Gasteiger partial charge in [0, 0.05) is 12.5 Å². The molecule has 3 N–H and O–H groups in total. The quantitative estimate of drug-likeness (QED) is 0.627. The Balaban J connectivity index is 1.21. The first-order valence-corrected chi connectivity index (χ1v) is 10.8. The molecule has 174 valence electrons. The molecule has 2 aromatic rings. The molecule has 0 spiro atoms. The minimum atomic E-state index is -2.13. The Hall–Kier alpha value is -2.98. The lowest BCUT2D eigenvalue weighted by atomic mass is 9.98. The van der Waals surface area contributed by atoms with Crippen molar-refractivity contribution in [2.24, 2.45) is 0 Å². The lowest BCUT2D eigenvalue weighted by Gasteiger charge is -2.25. The van der Waals surface area contributed by atoms with Crippen LogP contribution in [0.2, 0.25) is 0 Å². The number of hydrogen-bond donors (Lipinski definition) is 3. The summed E-state index contributed by atoms with van der Waals surface area (Å²) in [6, 6.07) is 16.0. The van der Waals surface area contributed by atoms with Crippen molar-refractivity contribution in [2.75, 3.05) is 13.2 Å². The highest BCUT2D eigenvalue weighted by Gasteiger charge is 2.69. The summed E-state index contributed by atoms with van der Waals surface area (Å²) in [5.41, 5.74) is 4.43. The number of fused-ring (bicyclic) bond motifs is 4. The SMILES string of the molecule is CC1(C)OC2[C@H](O)[C@H](CNC(=O)OCC3c4ccccc4-c4ccccc43)O[C@@]2(C(=O)O)O1. The highest BCUT2D eigenvalue weighted by Crippen LogP contribution is 2.46. The van der Waals surface area contributed by atoms with E-state index in [9.17, 15) is 19.8 Å². The molecule has 1 amide bonds. The average Bonchev–Trinajstić information content (AvgIpc) is 3.35. The Labute approximate surface area is 190 Å². The molecule has 9 heteroatoms. The highest BCUT2D eigenvalue weighted by atomic mass is 16.9. The maximum absolute atomic E-state index is 12.4. The predicted molar refractivity (Wildman–Crippen MR) is 114 cm³/mol. The maximum Gasteiger partial charge on any atom is 0.407 e. The third-order valence-electron chi connectivity index (χ3n) is 6.29. The zero-order chi connectivity index (χ0) is 23.4. The molecule has 1 aliphatic carbocycles. The van der Waals surface area contributed by atoms with Crippen LogP contribution in [0, 0.1) is 0 Å². The Morgan fingerprint density at radius 1 is 1.03 bits per heavy atom. The van der Waals surface area contributed by atoms with Crippen molar-refractivity contribution in [1.29, 1.82) is 0 Å². The Kier molecular flexibility index (Phi) is 5.17. The van der Waals surface area contributed by atoms with Crippen LogP contribution in [0.4, 0.5) is 4.79 Å². The molecule has 33 heavy (non-hydrogen) atoms. The van der Waals surface area contributed by atoms with Gasteiger partial charge in [-0.1, -0.05) is 48.5 Å². The Morgan fingerprint density at radius 2 is 1.64 bits per heavy atom. The standard InChI is InChI=1S/C24H25NO8/c1-23(2)32-20-19(26)18(31-24(20,33-23)21(27)28)11-25-22(29)30-12-17-15-9-5-3-7-13(15)14-8-4-6-10-16(14)17/h3-10,17-20,26H,11-12H2,1-2H3,(H,25,29)(H,27,28)/t18-,19+,20?,24+/m0/s1. The third kappa shape index (κ3) is 3.57. The van der Waals surface area contributed by atoms with E-state index in [1.54, 1.807) is 0 Å². The van der Waals surface area contributed by atoms with Crippen LogP contribution in [0.5, 0.6) is 0 Å². The zero-order valence-corrected chi connectivity index (χ0v) is 18.2. The van der Waals surface area contributed by atoms with Gasteiger partial charge in [0.15, 0.2) is 11.9 Å². The predicted octanol–water partition coefficient (Wildman–Crippen LogP) is 2.22. The van der Waals surface area contributed by atoms with Crippen molar-refractivity contribution >= 4 is 12.1 Å². The number of aliphatic carboxylic acids is 1. The van der Waals surface area contributed by atoms with Crippen LogP contribution in [-0.2, 0) is 23.7 Å². The number of rotatable bonds is 5. The highest BCUT2D eigenvalue weighted by molar-refractivity contribution is 5.79. The first-order valence-electron chi connectivity index (χ1n) is 10.8. The van der Waals surface area contributed by atoms with Gasteiger partial charge >= 0.3 is 17.8 Å². The molecule has 2 aliphatic heterocycles. The lowest BCUT2D eigenvalue weighted by Crippen LogP contribution is -2.48. The van der Waals surface area contributed by atoms with Gasteiger partial charge in [-0.25, -0.2) is 9.59 Å². The average molecular weight is 455 g/mol. The van der Waals surface area contributed by atoms with E-state index in [0.29, 0.717) is 0 Å². The van der Waals surface area contributed by atoms with Crippen LogP contribution in [0.25, 0.3) is 11.1 Å². The molecule has 2 aromatic carbocycles. The van der Waals surface area contributed by atoms with E-state index in [4.69, 9.17) is 18.9 Å². The number of benzene rings is 2. The monoisotopic (exact) mass is 455 g/mol. The van der Waals surface area contributed by atoms with Gasteiger partial charge in [-0.15, -0.1) is 0 Å². The number of ether oxygens (including phenoxy) is 4. The van der Waals surface area contributed by atoms with E-state index in [2.05, 4.69) is 5.32 Å². The summed E-state index contributed by atoms with van der Waals surface area (Å²) in [4.78, 5) is 24.2. The Morgan fingerprint density at radius 3 is 2.21 bits per heavy atom. The van der Waals surface area contributed by atoms with Gasteiger partial charge in [-0.05, 0) is 36.1 Å². The number of alkyl carbamates (subject to hydrolysis) is 1. The van der Waals surface area contributed by atoms with E-state index in [0.717, 1.165) is 22.3 Å². The molecule has 2 heterocycles. The fraction of sp³-hybridized carbons (Fsp3) is 0.417. The smallest absolute Gasteiger partial charge is 0.407 e. The molecule has 2 fully saturated rings. The second-order valence-electron chi connectivity index (χ2n) is 8.87. The van der Waals surface area contributed by atoms with Gasteiger partial charge in [0.2, 0.25) is 0 Å². The number of carboxylic acid groups (broad SMARTS) is 1. The van der Waals surface area contributed by atoms with Crippen molar-refractivity contribution < 1.29 is 38.7 Å². The second kappa shape index (κ2) is 7.81. The van der Waals surface area contributed by atoms with Gasteiger partial charge in [-0.3, -0.25) is 0 Å². The number of carboxylic acids is 1. The summed E-state index contributed by atoms with van der Waals surface area (Å²) in [6.07, 6.45) is -4.27. The molecule has 9 nitrogen and oxygen atoms in total. The molecule has 4 atom stereocenters. The topological polar surface area (TPSA) is 124 Å². The second-order valence-corrected chi connectivity index (χ2v) is 8.87. The summed E-state index contributed by atoms with van der Waals surface area (Å²) in [5.74, 6) is -4.85. The van der Waals surface area contributed by atoms with Crippen molar-refractivity contribution in [1.82, 2.24) is 5.32 Å². The fourth-order valence-corrected chi connectivity index (χ4v) is 4.92. The number of aliphatic hydroxyl groups is 1. The lowest BCUT2D eigenvalue weighted by molar-refractivity contribution is -0.262. The number of carbonyl (C=O) groups excluding carboxylic acids is 1. The third-order valence-corrected chi connectivity index (χ3v) is 6.29. The van der Waals surface area contributed by atoms with Crippen LogP contribution in [-0.4, -0.2) is 65.3 Å². The number of aliphatic hydroxyl groups excluding tert-OH is 1. The number of amides is 1. The van der Waals surface area contributed by atoms with Gasteiger partial charge in [0.05, 0.1) is 0 Å². The molecule has 1 unspecified atom stereocenters. The van der Waals surface area contributed by atoms with Crippen molar-refractivity contribution in [3.05, 3.63) is 59.7 Å². The van der Waals surface area contributed by atoms with E-state index in [-0.39, 0.29) is 19.1 Å². The van der Waals surface area contributed by atoms with Crippen LogP contribution in [0.1, 0.15) is 30.9 Å². The first kappa shape index (κ1) is 21.8. The van der Waals surface area contributed by atoms with Crippen LogP contribution < -0.4 is 5.32 Å². The van der Waals surface area contributed by atoms with Crippen LogP contribution in [0.15, 0.2) is 48.5 Å². The molecular weight excluding hydrogens is 430 g/mol. The zero-order valence-electron chi connectivity index (χ0n) is 18.2. The summed E-state index contributed by atoms with van der Waals surface area (Å²) >= 11 is 0. The molecule has 3 aliphatic rings. The maximum atomic E-state index is 12.4. The van der Waals surface area contributed by atoms with Crippen molar-refractivity contribution in [3.63, 3.8) is 0 Å². The molecule has 0 bridgehead atoms. The molecule has 0 saturated carbocycles. The van der Waals surface area contributed by atoms with Gasteiger partial charge < -0.3 is 34.5 Å². The van der Waals surface area contributed by atoms with E-state index in [1.165, 1.54) is 13.8 Å². The van der Waals surface area contributed by atoms with Gasteiger partial charge in [0.1, 0.15) is 18.8 Å². The van der Waals surface area contributed by atoms with E-state index < -0.39 is 41.9 Å². The molecule has 0 aromatic heterocycles. The van der Waals surface area contributed by atoms with Crippen LogP contribution >= 0.6 is 0 Å². The Bertz CT molecular complexity index is 1060. The minimum Gasteiger partial charge on any atom is -0.477 e. The fourth-order valence-electron chi connectivity index (χ4n) is 4.92. The largest absolute Gasteiger partial charge is 0.477 e. The first-order chi connectivity index (χ1) is 15.7. The summed E-state index contributed by atoms with van der Waals surface area (Å²) < 4.78 is 22.0. The molecule has 5 rings (SSSR count). The summed E-state index contributed by atoms with van der Waals surface area (Å²) in [7, 11) is 0. The normalized spacial score (nSPS) is 29.2. The van der Waals surface area contributed by atoms with Crippen LogP contribution in [0.3, 0.4) is 0 Å². The summed E-state index contributed by atoms with van der Waals surface area (Å²) in [5, 5.41) is 22.7. The van der Waals surface area contributed by atoms with E-state index in [1.807, 2.05) is 48.5 Å². The number of carbonyl (C=O) groups is 2. The van der Waals surface area contributed by atoms with Crippen molar-refractivity contribution in [3.8, 4) is 11.1 Å². The van der Waals surface area contributed by atoms with Gasteiger partial charge in [0.25, 0.3) is 0 Å². The summed E-state index contributed by atoms with van der Waals surface area (Å²) in [6.45, 7) is 3.04. The van der Waals surface area contributed by atoms with E-state index >= 15 is 0 Å². The molecular formula is C24H25NO8. The number of nitrogens with one attached hydrogen (secondary N) is 1. The van der Waals surface area contributed by atoms with Crippen molar-refractivity contribution in [2.45, 2.75) is 49.7 Å².